The number of anilines is 4. The molecule has 0 atom stereocenters. The van der Waals surface area contributed by atoms with Crippen molar-refractivity contribution in [1.29, 1.82) is 0 Å². The Morgan fingerprint density at radius 3 is 2.37 bits per heavy atom. The molecule has 1 amide bonds. The first-order valence-electron chi connectivity index (χ1n) is 15.0. The van der Waals surface area contributed by atoms with Crippen molar-refractivity contribution in [2.24, 2.45) is 10.8 Å². The van der Waals surface area contributed by atoms with Crippen LogP contribution < -0.4 is 24.7 Å². The molecule has 2 spiro atoms. The molecule has 2 aliphatic carbocycles. The van der Waals surface area contributed by atoms with Crippen LogP contribution in [0.2, 0.25) is 0 Å². The molecule has 1 aromatic carbocycles. The Kier molecular flexibility index (Phi) is 6.48. The average molecular weight is 581 g/mol. The lowest BCUT2D eigenvalue weighted by molar-refractivity contribution is 0.102. The van der Waals surface area contributed by atoms with Crippen LogP contribution in [0, 0.1) is 10.8 Å². The molecule has 4 fully saturated rings. The van der Waals surface area contributed by atoms with Gasteiger partial charge in [-0.05, 0) is 92.0 Å². The Balaban J connectivity index is 1.20. The molecule has 10 nitrogen and oxygen atoms in total. The standard InChI is InChI=1S/C30H40N6O4S/c1-34-13-4-21-18-25(32-27(26(21)34)36-16-11-30(20-36)7-8-30)33-28(38)23-3-2-22(41(39,40)31-12-17-37)19-24(23)35-14-9-29(5-6-29)10-15-35/h2-3,18-19,31,37H,4-17,20H2,1H3,(H,32,33,38). The first-order chi connectivity index (χ1) is 19.7. The molecular formula is C30H40N6O4S. The van der Waals surface area contributed by atoms with E-state index in [0.717, 1.165) is 57.8 Å². The summed E-state index contributed by atoms with van der Waals surface area (Å²) in [4.78, 5) is 25.8. The number of pyridine rings is 1. The second-order valence-corrected chi connectivity index (χ2v) is 14.7. The van der Waals surface area contributed by atoms with E-state index in [9.17, 15) is 13.2 Å². The van der Waals surface area contributed by atoms with Crippen molar-refractivity contribution < 1.29 is 18.3 Å². The largest absolute Gasteiger partial charge is 0.395 e. The van der Waals surface area contributed by atoms with Crippen LogP contribution in [0.4, 0.5) is 23.0 Å². The second-order valence-electron chi connectivity index (χ2n) is 12.9. The highest BCUT2D eigenvalue weighted by molar-refractivity contribution is 7.89. The Morgan fingerprint density at radius 1 is 0.976 bits per heavy atom. The van der Waals surface area contributed by atoms with E-state index in [2.05, 4.69) is 31.8 Å². The molecule has 3 N–H and O–H groups in total. The number of carbonyl (C=O) groups excluding carboxylic acids is 1. The Hall–Kier alpha value is -2.89. The molecule has 41 heavy (non-hydrogen) atoms. The van der Waals surface area contributed by atoms with Crippen LogP contribution in [0.1, 0.15) is 60.9 Å². The fraction of sp³-hybridized carbons (Fsp3) is 0.600. The minimum absolute atomic E-state index is 0.0637. The minimum atomic E-state index is -3.82. The summed E-state index contributed by atoms with van der Waals surface area (Å²) in [6, 6.07) is 6.69. The van der Waals surface area contributed by atoms with E-state index < -0.39 is 10.0 Å². The minimum Gasteiger partial charge on any atom is -0.395 e. The Labute approximate surface area is 242 Å². The molecule has 4 heterocycles. The summed E-state index contributed by atoms with van der Waals surface area (Å²) in [6.45, 7) is 4.18. The summed E-state index contributed by atoms with van der Waals surface area (Å²) in [7, 11) is -1.71. The molecule has 2 saturated carbocycles. The average Bonchev–Trinajstić information content (AvgIpc) is 3.82. The van der Waals surface area contributed by atoms with Gasteiger partial charge in [-0.2, -0.15) is 0 Å². The number of hydrogen-bond donors (Lipinski definition) is 3. The maximum atomic E-state index is 13.9. The number of nitrogens with zero attached hydrogens (tertiary/aromatic N) is 4. The van der Waals surface area contributed by atoms with Crippen LogP contribution in [-0.4, -0.2) is 77.3 Å². The van der Waals surface area contributed by atoms with Gasteiger partial charge in [0, 0.05) is 46.3 Å². The zero-order valence-electron chi connectivity index (χ0n) is 23.8. The predicted octanol–water partition coefficient (Wildman–Crippen LogP) is 2.97. The van der Waals surface area contributed by atoms with Crippen molar-refractivity contribution in [3.8, 4) is 0 Å². The van der Waals surface area contributed by atoms with Gasteiger partial charge < -0.3 is 25.1 Å². The van der Waals surface area contributed by atoms with Gasteiger partial charge in [-0.25, -0.2) is 18.1 Å². The van der Waals surface area contributed by atoms with Crippen molar-refractivity contribution in [3.05, 3.63) is 35.4 Å². The number of piperidine rings is 1. The number of amides is 1. The van der Waals surface area contributed by atoms with Crippen LogP contribution in [0.5, 0.6) is 0 Å². The predicted molar refractivity (Wildman–Crippen MR) is 159 cm³/mol. The molecule has 0 radical (unpaired) electrons. The van der Waals surface area contributed by atoms with E-state index >= 15 is 0 Å². The van der Waals surface area contributed by atoms with Crippen LogP contribution in [0.25, 0.3) is 0 Å². The molecule has 2 saturated heterocycles. The maximum absolute atomic E-state index is 13.9. The summed E-state index contributed by atoms with van der Waals surface area (Å²) >= 11 is 0. The van der Waals surface area contributed by atoms with E-state index in [1.54, 1.807) is 12.1 Å². The van der Waals surface area contributed by atoms with Crippen LogP contribution in [-0.2, 0) is 16.4 Å². The fourth-order valence-corrected chi connectivity index (χ4v) is 8.09. The molecular weight excluding hydrogens is 540 g/mol. The Bertz CT molecular complexity index is 1480. The fourth-order valence-electron chi connectivity index (χ4n) is 7.05. The summed E-state index contributed by atoms with van der Waals surface area (Å²) < 4.78 is 28.2. The number of sulfonamides is 1. The quantitative estimate of drug-likeness (QED) is 0.436. The van der Waals surface area contributed by atoms with Gasteiger partial charge in [0.05, 0.1) is 28.4 Å². The topological polar surface area (TPSA) is 118 Å². The lowest BCUT2D eigenvalue weighted by atomic mass is 9.93. The van der Waals surface area contributed by atoms with E-state index in [1.165, 1.54) is 49.4 Å². The third-order valence-electron chi connectivity index (χ3n) is 10.1. The zero-order chi connectivity index (χ0) is 28.4. The van der Waals surface area contributed by atoms with Gasteiger partial charge in [-0.1, -0.05) is 0 Å². The van der Waals surface area contributed by atoms with E-state index in [-0.39, 0.29) is 24.0 Å². The monoisotopic (exact) mass is 580 g/mol. The van der Waals surface area contributed by atoms with Crippen molar-refractivity contribution >= 4 is 38.9 Å². The van der Waals surface area contributed by atoms with Crippen LogP contribution in [0.3, 0.4) is 0 Å². The molecule has 1 aromatic heterocycles. The summed E-state index contributed by atoms with van der Waals surface area (Å²) in [6.07, 6.45) is 9.31. The third kappa shape index (κ3) is 5.06. The van der Waals surface area contributed by atoms with Gasteiger partial charge in [0.2, 0.25) is 10.0 Å². The van der Waals surface area contributed by atoms with Crippen molar-refractivity contribution in [2.75, 3.05) is 72.9 Å². The number of hydrogen-bond acceptors (Lipinski definition) is 8. The van der Waals surface area contributed by atoms with Gasteiger partial charge in [0.15, 0.2) is 5.82 Å². The number of likely N-dealkylation sites (N-methyl/N-ethyl adjacent to an activating group) is 1. The van der Waals surface area contributed by atoms with Crippen molar-refractivity contribution in [1.82, 2.24) is 9.71 Å². The molecule has 220 valence electrons. The molecule has 11 heteroatoms. The molecule has 3 aliphatic heterocycles. The lowest BCUT2D eigenvalue weighted by Gasteiger charge is -2.35. The number of aliphatic hydroxyl groups excluding tert-OH is 1. The Morgan fingerprint density at radius 2 is 1.68 bits per heavy atom. The highest BCUT2D eigenvalue weighted by atomic mass is 32.2. The lowest BCUT2D eigenvalue weighted by Crippen LogP contribution is -2.36. The molecule has 5 aliphatic rings. The SMILES string of the molecule is CN1CCc2cc(NC(=O)c3ccc(S(=O)(=O)NCCO)cc3N3CCC4(CC3)CC4)nc(N3CCC4(CC4)C3)c21. The maximum Gasteiger partial charge on any atom is 0.258 e. The number of carbonyl (C=O) groups is 1. The second kappa shape index (κ2) is 9.84. The van der Waals surface area contributed by atoms with Gasteiger partial charge >= 0.3 is 0 Å². The van der Waals surface area contributed by atoms with E-state index in [1.807, 2.05) is 6.07 Å². The van der Waals surface area contributed by atoms with E-state index in [0.29, 0.717) is 27.9 Å². The number of benzene rings is 1. The highest BCUT2D eigenvalue weighted by Crippen LogP contribution is 2.55. The van der Waals surface area contributed by atoms with Gasteiger partial charge in [-0.3, -0.25) is 4.79 Å². The number of nitrogens with one attached hydrogen (secondary N) is 2. The number of aliphatic hydroxyl groups is 1. The first-order valence-corrected chi connectivity index (χ1v) is 16.5. The normalized spacial score (nSPS) is 22.0. The summed E-state index contributed by atoms with van der Waals surface area (Å²) in [5, 5.41) is 12.2. The number of rotatable bonds is 8. The van der Waals surface area contributed by atoms with Gasteiger partial charge in [0.1, 0.15) is 5.82 Å². The number of fused-ring (bicyclic) bond motifs is 1. The molecule has 2 aromatic rings. The molecule has 0 bridgehead atoms. The van der Waals surface area contributed by atoms with Gasteiger partial charge in [0.25, 0.3) is 5.91 Å². The third-order valence-corrected chi connectivity index (χ3v) is 11.6. The van der Waals surface area contributed by atoms with Crippen molar-refractivity contribution in [3.63, 3.8) is 0 Å². The smallest absolute Gasteiger partial charge is 0.258 e. The van der Waals surface area contributed by atoms with Crippen LogP contribution >= 0.6 is 0 Å². The first kappa shape index (κ1) is 27.0. The summed E-state index contributed by atoms with van der Waals surface area (Å²) in [5.41, 5.74) is 4.35. The van der Waals surface area contributed by atoms with Gasteiger partial charge in [-0.15, -0.1) is 0 Å². The van der Waals surface area contributed by atoms with Crippen molar-refractivity contribution in [2.45, 2.75) is 56.3 Å². The number of aromatic nitrogens is 1. The summed E-state index contributed by atoms with van der Waals surface area (Å²) in [5.74, 6) is 1.21. The molecule has 7 rings (SSSR count). The van der Waals surface area contributed by atoms with E-state index in [4.69, 9.17) is 10.1 Å². The zero-order valence-corrected chi connectivity index (χ0v) is 24.6. The molecule has 0 unspecified atom stereocenters. The highest BCUT2D eigenvalue weighted by Gasteiger charge is 2.49. The van der Waals surface area contributed by atoms with Crippen LogP contribution in [0.15, 0.2) is 29.2 Å².